The van der Waals surface area contributed by atoms with E-state index in [2.05, 4.69) is 83.4 Å². The van der Waals surface area contributed by atoms with Gasteiger partial charge in [0, 0.05) is 44.3 Å². The van der Waals surface area contributed by atoms with Crippen molar-refractivity contribution in [1.29, 1.82) is 0 Å². The Hall–Kier alpha value is -2.22. The van der Waals surface area contributed by atoms with Gasteiger partial charge in [0.1, 0.15) is 0 Å². The number of benzene rings is 1. The summed E-state index contributed by atoms with van der Waals surface area (Å²) in [7, 11) is 5.53. The number of amides is 2. The monoisotopic (exact) mass is 556 g/mol. The van der Waals surface area contributed by atoms with Gasteiger partial charge in [-0.1, -0.05) is 84.9 Å². The lowest BCUT2D eigenvalue weighted by molar-refractivity contribution is -0.137. The van der Waals surface area contributed by atoms with Crippen molar-refractivity contribution in [2.45, 2.75) is 97.8 Å². The third-order valence-electron chi connectivity index (χ3n) is 8.61. The van der Waals surface area contributed by atoms with E-state index in [1.54, 1.807) is 7.11 Å². The van der Waals surface area contributed by atoms with Gasteiger partial charge in [0.15, 0.2) is 0 Å². The van der Waals surface area contributed by atoms with Gasteiger partial charge in [-0.3, -0.25) is 9.59 Å². The second-order valence-electron chi connectivity index (χ2n) is 13.4. The Bertz CT molecular complexity index is 983. The van der Waals surface area contributed by atoms with E-state index in [9.17, 15) is 9.59 Å². The van der Waals surface area contributed by atoms with E-state index >= 15 is 0 Å². The molecule has 40 heavy (non-hydrogen) atoms. The van der Waals surface area contributed by atoms with Crippen LogP contribution in [0.2, 0.25) is 0 Å². The zero-order chi connectivity index (χ0) is 30.3. The van der Waals surface area contributed by atoms with Gasteiger partial charge in [-0.15, -0.1) is 0 Å². The van der Waals surface area contributed by atoms with Crippen LogP contribution in [0.5, 0.6) is 0 Å². The second kappa shape index (κ2) is 14.6. The Balaban J connectivity index is 2.25. The fourth-order valence-corrected chi connectivity index (χ4v) is 5.91. The van der Waals surface area contributed by atoms with Crippen LogP contribution in [0.25, 0.3) is 0 Å². The fourth-order valence-electron chi connectivity index (χ4n) is 5.91. The van der Waals surface area contributed by atoms with Crippen LogP contribution in [-0.2, 0) is 19.7 Å². The van der Waals surface area contributed by atoms with Gasteiger partial charge in [-0.2, -0.15) is 0 Å². The Morgan fingerprint density at radius 1 is 1.15 bits per heavy atom. The van der Waals surface area contributed by atoms with E-state index in [0.717, 1.165) is 19.4 Å². The summed E-state index contributed by atoms with van der Waals surface area (Å²) in [4.78, 5) is 31.2. The topological polar surface area (TPSA) is 73.9 Å². The van der Waals surface area contributed by atoms with Gasteiger partial charge in [-0.05, 0) is 43.7 Å². The van der Waals surface area contributed by atoms with Crippen LogP contribution in [-0.4, -0.2) is 86.7 Å². The van der Waals surface area contributed by atoms with Gasteiger partial charge in [-0.25, -0.2) is 0 Å². The highest BCUT2D eigenvalue weighted by molar-refractivity contribution is 5.93. The minimum atomic E-state index is -0.393. The molecule has 0 aromatic heterocycles. The minimum Gasteiger partial charge on any atom is -0.383 e. The van der Waals surface area contributed by atoms with Crippen LogP contribution in [0, 0.1) is 11.3 Å². The first-order chi connectivity index (χ1) is 18.7. The normalized spacial score (nSPS) is 19.1. The number of rotatable bonds is 13. The molecule has 1 aliphatic rings. The Kier molecular flexibility index (Phi) is 12.4. The zero-order valence-corrected chi connectivity index (χ0v) is 27.0. The maximum Gasteiger partial charge on any atom is 0.249 e. The van der Waals surface area contributed by atoms with E-state index in [0.29, 0.717) is 18.7 Å². The fraction of sp³-hybridized carbons (Fsp3) is 0.697. The predicted octanol–water partition coefficient (Wildman–Crippen LogP) is 4.62. The quantitative estimate of drug-likeness (QED) is 0.347. The van der Waals surface area contributed by atoms with Crippen molar-refractivity contribution in [3.8, 4) is 0 Å². The number of nitrogens with zero attached hydrogens (tertiary/aromatic N) is 2. The first-order valence-electron chi connectivity index (χ1n) is 14.9. The molecule has 2 amide bonds. The number of carbonyl (C=O) groups excluding carboxylic acids is 2. The van der Waals surface area contributed by atoms with E-state index in [1.807, 2.05) is 43.0 Å². The molecule has 226 valence electrons. The summed E-state index contributed by atoms with van der Waals surface area (Å²) in [5.74, 6) is 0.220. The lowest BCUT2D eigenvalue weighted by Crippen LogP contribution is -2.59. The van der Waals surface area contributed by atoms with E-state index in [4.69, 9.17) is 4.74 Å². The molecule has 0 bridgehead atoms. The van der Waals surface area contributed by atoms with E-state index in [-0.39, 0.29) is 46.7 Å². The molecule has 1 heterocycles. The molecule has 1 saturated heterocycles. The smallest absolute Gasteiger partial charge is 0.249 e. The number of methoxy groups -OCH3 is 1. The van der Waals surface area contributed by atoms with Crippen molar-refractivity contribution in [2.24, 2.45) is 11.3 Å². The van der Waals surface area contributed by atoms with Crippen LogP contribution >= 0.6 is 0 Å². The van der Waals surface area contributed by atoms with Crippen LogP contribution in [0.15, 0.2) is 42.0 Å². The Labute approximate surface area is 244 Å². The molecule has 0 radical (unpaired) electrons. The van der Waals surface area contributed by atoms with Crippen molar-refractivity contribution in [3.05, 3.63) is 47.5 Å². The van der Waals surface area contributed by atoms with Gasteiger partial charge in [0.2, 0.25) is 11.8 Å². The lowest BCUT2D eigenvalue weighted by atomic mass is 9.77. The number of hydrogen-bond donors (Lipinski definition) is 2. The second-order valence-corrected chi connectivity index (χ2v) is 13.4. The molecule has 1 aliphatic heterocycles. The number of ether oxygens (including phenoxy) is 1. The van der Waals surface area contributed by atoms with E-state index < -0.39 is 6.04 Å². The van der Waals surface area contributed by atoms with Crippen LogP contribution in [0.4, 0.5) is 0 Å². The molecule has 0 aliphatic carbocycles. The summed E-state index contributed by atoms with van der Waals surface area (Å²) in [5, 5.41) is 7.12. The lowest BCUT2D eigenvalue weighted by Gasteiger charge is -2.40. The maximum absolute atomic E-state index is 14.1. The molecule has 2 N–H and O–H groups in total. The summed E-state index contributed by atoms with van der Waals surface area (Å²) in [6.07, 6.45) is 3.95. The molecule has 1 aromatic rings. The average Bonchev–Trinajstić information content (AvgIpc) is 3.36. The van der Waals surface area contributed by atoms with Crippen LogP contribution < -0.4 is 10.6 Å². The third-order valence-corrected chi connectivity index (χ3v) is 8.61. The molecule has 7 nitrogen and oxygen atoms in total. The summed E-state index contributed by atoms with van der Waals surface area (Å²) in [6, 6.07) is 10.1. The van der Waals surface area contributed by atoms with Crippen LogP contribution in [0.3, 0.4) is 0 Å². The standard InChI is InChI=1S/C33H56N4O3/c1-23(2)27(20-24(3)30(38)37-19-15-18-26(37)22-40-11)36(10)31(39)29(32(4,5)6)35-21-28(34-9)33(7,8)25-16-13-12-14-17-25/h12-14,16-17,20,23,26-29,34-35H,15,18-19,21-22H2,1-11H3/b24-20+/t26-,27+,28+,29+/m0/s1. The number of likely N-dealkylation sites (tertiary alicyclic amines) is 1. The maximum atomic E-state index is 14.1. The number of nitrogens with one attached hydrogen (secondary N) is 2. The molecule has 0 saturated carbocycles. The Morgan fingerprint density at radius 2 is 1.77 bits per heavy atom. The molecular weight excluding hydrogens is 500 g/mol. The van der Waals surface area contributed by atoms with Gasteiger partial charge >= 0.3 is 0 Å². The summed E-state index contributed by atoms with van der Waals surface area (Å²) >= 11 is 0. The number of carbonyl (C=O) groups is 2. The van der Waals surface area contributed by atoms with Crippen molar-refractivity contribution in [1.82, 2.24) is 20.4 Å². The average molecular weight is 557 g/mol. The highest BCUT2D eigenvalue weighted by atomic mass is 16.5. The molecule has 0 spiro atoms. The van der Waals surface area contributed by atoms with E-state index in [1.165, 1.54) is 5.56 Å². The number of hydrogen-bond acceptors (Lipinski definition) is 5. The zero-order valence-electron chi connectivity index (χ0n) is 27.0. The first kappa shape index (κ1) is 34.0. The molecule has 1 fully saturated rings. The molecule has 2 rings (SSSR count). The van der Waals surface area contributed by atoms with Crippen molar-refractivity contribution in [3.63, 3.8) is 0 Å². The predicted molar refractivity (Wildman–Crippen MR) is 165 cm³/mol. The van der Waals surface area contributed by atoms with Crippen LogP contribution in [0.1, 0.15) is 73.8 Å². The largest absolute Gasteiger partial charge is 0.383 e. The SMILES string of the molecule is CN[C@H](CN[C@H](C(=O)N(C)[C@H](/C=C(\C)C(=O)N1CCC[C@H]1COC)C(C)C)C(C)(C)C)C(C)(C)c1ccccc1. The molecular formula is C33H56N4O3. The van der Waals surface area contributed by atoms with Gasteiger partial charge in [0.05, 0.1) is 24.7 Å². The summed E-state index contributed by atoms with van der Waals surface area (Å²) in [6.45, 7) is 18.8. The van der Waals surface area contributed by atoms with Gasteiger partial charge in [0.25, 0.3) is 0 Å². The molecule has 7 heteroatoms. The third kappa shape index (κ3) is 8.40. The Morgan fingerprint density at radius 3 is 2.30 bits per heavy atom. The highest BCUT2D eigenvalue weighted by Crippen LogP contribution is 2.29. The minimum absolute atomic E-state index is 0.0356. The number of likely N-dealkylation sites (N-methyl/N-ethyl adjacent to an activating group) is 2. The van der Waals surface area contributed by atoms with Crippen molar-refractivity contribution >= 4 is 11.8 Å². The highest BCUT2D eigenvalue weighted by Gasteiger charge is 2.38. The van der Waals surface area contributed by atoms with Crippen molar-refractivity contribution in [2.75, 3.05) is 40.9 Å². The molecule has 4 atom stereocenters. The summed E-state index contributed by atoms with van der Waals surface area (Å²) < 4.78 is 5.35. The van der Waals surface area contributed by atoms with Crippen molar-refractivity contribution < 1.29 is 14.3 Å². The first-order valence-corrected chi connectivity index (χ1v) is 14.9. The van der Waals surface area contributed by atoms with Gasteiger partial charge < -0.3 is 25.2 Å². The summed E-state index contributed by atoms with van der Waals surface area (Å²) in [5.41, 5.74) is 1.49. The molecule has 0 unspecified atom stereocenters. The molecule has 1 aromatic carbocycles.